The summed E-state index contributed by atoms with van der Waals surface area (Å²) in [5, 5.41) is 3.04. The van der Waals surface area contributed by atoms with Gasteiger partial charge >= 0.3 is 0 Å². The zero-order valence-corrected chi connectivity index (χ0v) is 12.2. The predicted octanol–water partition coefficient (Wildman–Crippen LogP) is 2.95. The van der Waals surface area contributed by atoms with Crippen molar-refractivity contribution in [3.05, 3.63) is 34.6 Å². The molecule has 0 aliphatic heterocycles. The molecule has 0 saturated carbocycles. The third-order valence-electron chi connectivity index (χ3n) is 2.83. The van der Waals surface area contributed by atoms with Crippen molar-refractivity contribution >= 4 is 29.2 Å². The number of rotatable bonds is 3. The van der Waals surface area contributed by atoms with E-state index in [0.29, 0.717) is 11.9 Å². The lowest BCUT2D eigenvalue weighted by atomic mass is 10.1. The summed E-state index contributed by atoms with van der Waals surface area (Å²) in [7, 11) is 3.65. The Hall–Kier alpha value is -1.88. The van der Waals surface area contributed by atoms with Crippen LogP contribution in [0.1, 0.15) is 11.1 Å². The van der Waals surface area contributed by atoms with E-state index >= 15 is 0 Å². The maximum atomic E-state index is 5.90. The topological polar surface area (TPSA) is 53.9 Å². The van der Waals surface area contributed by atoms with E-state index in [0.717, 1.165) is 11.3 Å². The van der Waals surface area contributed by atoms with Gasteiger partial charge in [0.25, 0.3) is 0 Å². The van der Waals surface area contributed by atoms with E-state index in [2.05, 4.69) is 46.2 Å². The molecule has 0 aliphatic carbocycles. The molecule has 0 bridgehead atoms. The average molecular weight is 278 g/mol. The fourth-order valence-corrected chi connectivity index (χ4v) is 2.05. The van der Waals surface area contributed by atoms with E-state index in [1.165, 1.54) is 5.56 Å². The molecule has 1 aromatic carbocycles. The first-order chi connectivity index (χ1) is 9.01. The van der Waals surface area contributed by atoms with Crippen LogP contribution in [0.25, 0.3) is 0 Å². The zero-order valence-electron chi connectivity index (χ0n) is 11.4. The molecule has 100 valence electrons. The summed E-state index contributed by atoms with van der Waals surface area (Å²) in [5.41, 5.74) is 3.42. The highest BCUT2D eigenvalue weighted by molar-refractivity contribution is 6.28. The third-order valence-corrected chi connectivity index (χ3v) is 3.00. The number of nitrogens with zero attached hydrogens (tertiary/aromatic N) is 4. The summed E-state index contributed by atoms with van der Waals surface area (Å²) in [6, 6.07) is 6.22. The van der Waals surface area contributed by atoms with Crippen LogP contribution in [0.5, 0.6) is 0 Å². The highest BCUT2D eigenvalue weighted by Gasteiger charge is 2.12. The Morgan fingerprint density at radius 1 is 1.16 bits per heavy atom. The molecule has 0 atom stereocenters. The number of nitrogens with one attached hydrogen (secondary N) is 1. The Balaban J connectivity index is 2.43. The number of benzene rings is 1. The van der Waals surface area contributed by atoms with Gasteiger partial charge in [-0.1, -0.05) is 17.7 Å². The van der Waals surface area contributed by atoms with Crippen molar-refractivity contribution in [2.24, 2.45) is 0 Å². The quantitative estimate of drug-likeness (QED) is 0.935. The van der Waals surface area contributed by atoms with E-state index in [4.69, 9.17) is 11.6 Å². The molecule has 0 unspecified atom stereocenters. The molecular formula is C13H16ClN5. The van der Waals surface area contributed by atoms with Crippen molar-refractivity contribution in [2.45, 2.75) is 13.8 Å². The molecule has 2 rings (SSSR count). The molecule has 0 fully saturated rings. The highest BCUT2D eigenvalue weighted by atomic mass is 35.5. The van der Waals surface area contributed by atoms with Gasteiger partial charge in [0.05, 0.1) is 0 Å². The normalized spacial score (nSPS) is 10.4. The van der Waals surface area contributed by atoms with E-state index in [-0.39, 0.29) is 5.28 Å². The van der Waals surface area contributed by atoms with Gasteiger partial charge in [-0.05, 0) is 37.1 Å². The molecule has 1 N–H and O–H groups in total. The molecule has 0 radical (unpaired) electrons. The third kappa shape index (κ3) is 2.93. The predicted molar refractivity (Wildman–Crippen MR) is 78.4 cm³/mol. The average Bonchev–Trinajstić information content (AvgIpc) is 2.37. The van der Waals surface area contributed by atoms with Crippen LogP contribution >= 0.6 is 11.6 Å². The summed E-state index contributed by atoms with van der Waals surface area (Å²) in [6.07, 6.45) is 0. The maximum absolute atomic E-state index is 5.90. The molecule has 0 amide bonds. The molecule has 19 heavy (non-hydrogen) atoms. The van der Waals surface area contributed by atoms with Crippen molar-refractivity contribution in [1.29, 1.82) is 0 Å². The van der Waals surface area contributed by atoms with Gasteiger partial charge in [0, 0.05) is 19.8 Å². The number of anilines is 3. The van der Waals surface area contributed by atoms with E-state index < -0.39 is 0 Å². The first-order valence-corrected chi connectivity index (χ1v) is 6.29. The number of hydrogen-bond donors (Lipinski definition) is 1. The molecule has 1 heterocycles. The lowest BCUT2D eigenvalue weighted by molar-refractivity contribution is 0.983. The lowest BCUT2D eigenvalue weighted by Gasteiger charge is -2.20. The zero-order chi connectivity index (χ0) is 14.0. The molecule has 0 spiro atoms. The summed E-state index contributed by atoms with van der Waals surface area (Å²) < 4.78 is 0. The van der Waals surface area contributed by atoms with Crippen LogP contribution < -0.4 is 10.2 Å². The Kier molecular flexibility index (Phi) is 3.85. The van der Waals surface area contributed by atoms with E-state index in [1.54, 1.807) is 7.05 Å². The first kappa shape index (κ1) is 13.5. The largest absolute Gasteiger partial charge is 0.357 e. The van der Waals surface area contributed by atoms with Gasteiger partial charge in [-0.25, -0.2) is 0 Å². The van der Waals surface area contributed by atoms with Crippen LogP contribution in [0.15, 0.2) is 18.2 Å². The summed E-state index contributed by atoms with van der Waals surface area (Å²) in [6.45, 7) is 4.12. The standard InChI is InChI=1S/C13H16ClN5/c1-8-5-6-10(9(2)7-8)19(4)13-17-11(14)16-12(15-3)18-13/h5-7H,1-4H3,(H,15,16,17,18). The molecular weight excluding hydrogens is 262 g/mol. The summed E-state index contributed by atoms with van der Waals surface area (Å²) in [5.74, 6) is 0.961. The van der Waals surface area contributed by atoms with Crippen LogP contribution in [-0.4, -0.2) is 29.0 Å². The van der Waals surface area contributed by atoms with Gasteiger partial charge in [-0.15, -0.1) is 0 Å². The van der Waals surface area contributed by atoms with Crippen molar-refractivity contribution in [3.8, 4) is 0 Å². The minimum atomic E-state index is 0.172. The van der Waals surface area contributed by atoms with Crippen molar-refractivity contribution in [2.75, 3.05) is 24.3 Å². The van der Waals surface area contributed by atoms with Crippen LogP contribution in [0.3, 0.4) is 0 Å². The van der Waals surface area contributed by atoms with Crippen LogP contribution in [0, 0.1) is 13.8 Å². The number of aryl methyl sites for hydroxylation is 2. The second-order valence-corrected chi connectivity index (χ2v) is 4.67. The fraction of sp³-hybridized carbons (Fsp3) is 0.308. The number of halogens is 1. The van der Waals surface area contributed by atoms with Gasteiger partial charge in [0.15, 0.2) is 0 Å². The summed E-state index contributed by atoms with van der Waals surface area (Å²) >= 11 is 5.90. The summed E-state index contributed by atoms with van der Waals surface area (Å²) in [4.78, 5) is 14.3. The van der Waals surface area contributed by atoms with Gasteiger partial charge in [-0.2, -0.15) is 15.0 Å². The molecule has 2 aromatic rings. The number of aromatic nitrogens is 3. The van der Waals surface area contributed by atoms with Crippen LogP contribution in [-0.2, 0) is 0 Å². The lowest BCUT2D eigenvalue weighted by Crippen LogP contribution is -2.16. The number of hydrogen-bond acceptors (Lipinski definition) is 5. The molecule has 1 aromatic heterocycles. The fourth-order valence-electron chi connectivity index (χ4n) is 1.89. The Labute approximate surface area is 117 Å². The van der Waals surface area contributed by atoms with Crippen LogP contribution in [0.4, 0.5) is 17.6 Å². The second kappa shape index (κ2) is 5.40. The van der Waals surface area contributed by atoms with Gasteiger partial charge in [-0.3, -0.25) is 0 Å². The van der Waals surface area contributed by atoms with Crippen LogP contribution in [0.2, 0.25) is 5.28 Å². The Morgan fingerprint density at radius 2 is 1.89 bits per heavy atom. The van der Waals surface area contributed by atoms with Gasteiger partial charge in [0.1, 0.15) is 0 Å². The monoisotopic (exact) mass is 277 g/mol. The smallest absolute Gasteiger partial charge is 0.235 e. The van der Waals surface area contributed by atoms with E-state index in [9.17, 15) is 0 Å². The minimum Gasteiger partial charge on any atom is -0.357 e. The molecule has 6 heteroatoms. The van der Waals surface area contributed by atoms with Gasteiger partial charge in [0.2, 0.25) is 17.2 Å². The SMILES string of the molecule is CNc1nc(Cl)nc(N(C)c2ccc(C)cc2C)n1. The second-order valence-electron chi connectivity index (χ2n) is 4.33. The first-order valence-electron chi connectivity index (χ1n) is 5.91. The van der Waals surface area contributed by atoms with E-state index in [1.807, 2.05) is 18.0 Å². The van der Waals surface area contributed by atoms with Crippen molar-refractivity contribution in [3.63, 3.8) is 0 Å². The van der Waals surface area contributed by atoms with Gasteiger partial charge < -0.3 is 10.2 Å². The minimum absolute atomic E-state index is 0.172. The Bertz CT molecular complexity index is 600. The molecule has 0 aliphatic rings. The highest BCUT2D eigenvalue weighted by Crippen LogP contribution is 2.25. The molecule has 0 saturated heterocycles. The van der Waals surface area contributed by atoms with Crippen molar-refractivity contribution in [1.82, 2.24) is 15.0 Å². The van der Waals surface area contributed by atoms with Crippen molar-refractivity contribution < 1.29 is 0 Å². The maximum Gasteiger partial charge on any atom is 0.235 e. The Morgan fingerprint density at radius 3 is 2.53 bits per heavy atom. The molecule has 5 nitrogen and oxygen atoms in total.